The van der Waals surface area contributed by atoms with Crippen LogP contribution in [-0.2, 0) is 14.8 Å². The first-order chi connectivity index (χ1) is 12.8. The molecule has 6 heteroatoms. The number of nitrogens with zero attached hydrogens (tertiary/aromatic N) is 1. The molecule has 2 atom stereocenters. The van der Waals surface area contributed by atoms with Crippen molar-refractivity contribution in [2.45, 2.75) is 44.2 Å². The molecule has 2 aromatic carbocycles. The summed E-state index contributed by atoms with van der Waals surface area (Å²) in [6.45, 7) is 5.65. The summed E-state index contributed by atoms with van der Waals surface area (Å²) in [5.74, 6) is -1.10. The Balaban J connectivity index is 2.18. The van der Waals surface area contributed by atoms with Crippen LogP contribution in [0, 0.1) is 13.8 Å². The van der Waals surface area contributed by atoms with Gasteiger partial charge in [-0.05, 0) is 38.0 Å². The zero-order valence-corrected chi connectivity index (χ0v) is 16.4. The van der Waals surface area contributed by atoms with Crippen molar-refractivity contribution in [2.75, 3.05) is 0 Å². The van der Waals surface area contributed by atoms with Gasteiger partial charge in [-0.3, -0.25) is 0 Å². The van der Waals surface area contributed by atoms with Crippen LogP contribution in [-0.4, -0.2) is 29.8 Å². The topological polar surface area (TPSA) is 74.7 Å². The van der Waals surface area contributed by atoms with Gasteiger partial charge in [0.05, 0.1) is 16.5 Å². The summed E-state index contributed by atoms with van der Waals surface area (Å²) >= 11 is 0. The first-order valence-corrected chi connectivity index (χ1v) is 10.3. The number of sulfonamides is 1. The molecule has 0 amide bonds. The smallest absolute Gasteiger partial charge is 0.333 e. The van der Waals surface area contributed by atoms with E-state index < -0.39 is 28.1 Å². The van der Waals surface area contributed by atoms with Gasteiger partial charge in [0.25, 0.3) is 0 Å². The van der Waals surface area contributed by atoms with E-state index in [4.69, 9.17) is 0 Å². The number of aryl methyl sites for hydroxylation is 2. The highest BCUT2D eigenvalue weighted by Gasteiger charge is 2.45. The zero-order chi connectivity index (χ0) is 19.8. The lowest BCUT2D eigenvalue weighted by atomic mass is 9.99. The average molecular weight is 385 g/mol. The third-order valence-electron chi connectivity index (χ3n) is 4.87. The monoisotopic (exact) mass is 385 g/mol. The van der Waals surface area contributed by atoms with Crippen molar-refractivity contribution < 1.29 is 18.3 Å². The minimum atomic E-state index is -3.88. The Morgan fingerprint density at radius 1 is 1.07 bits per heavy atom. The lowest BCUT2D eigenvalue weighted by Gasteiger charge is -2.30. The quantitative estimate of drug-likeness (QED) is 0.849. The van der Waals surface area contributed by atoms with Crippen LogP contribution in [0.15, 0.2) is 65.1 Å². The van der Waals surface area contributed by atoms with Gasteiger partial charge in [-0.25, -0.2) is 13.2 Å². The molecule has 3 rings (SSSR count). The van der Waals surface area contributed by atoms with Crippen molar-refractivity contribution in [3.63, 3.8) is 0 Å². The highest BCUT2D eigenvalue weighted by atomic mass is 32.2. The number of hydrogen-bond donors (Lipinski definition) is 1. The maximum absolute atomic E-state index is 13.5. The first-order valence-electron chi connectivity index (χ1n) is 8.87. The molecule has 0 radical (unpaired) electrons. The number of carboxylic acid groups (broad SMARTS) is 1. The Morgan fingerprint density at radius 3 is 2.30 bits per heavy atom. The highest BCUT2D eigenvalue weighted by Crippen LogP contribution is 2.42. The molecule has 1 aliphatic heterocycles. The van der Waals surface area contributed by atoms with Gasteiger partial charge in [0.1, 0.15) is 0 Å². The second-order valence-corrected chi connectivity index (χ2v) is 8.71. The van der Waals surface area contributed by atoms with E-state index in [0.717, 1.165) is 11.1 Å². The molecule has 142 valence electrons. The zero-order valence-electron chi connectivity index (χ0n) is 15.6. The van der Waals surface area contributed by atoms with Crippen LogP contribution in [0.2, 0.25) is 0 Å². The molecule has 0 spiro atoms. The number of hydrogen-bond acceptors (Lipinski definition) is 3. The Kier molecular flexibility index (Phi) is 5.22. The molecule has 1 heterocycles. The summed E-state index contributed by atoms with van der Waals surface area (Å²) in [6, 6.07) is 12.6. The van der Waals surface area contributed by atoms with Gasteiger partial charge < -0.3 is 5.11 Å². The molecular formula is C21H23NO4S. The summed E-state index contributed by atoms with van der Waals surface area (Å²) in [4.78, 5) is 12.1. The Hall–Kier alpha value is -2.44. The van der Waals surface area contributed by atoms with E-state index >= 15 is 0 Å². The number of aliphatic carboxylic acids is 1. The normalized spacial score (nSPS) is 20.5. The van der Waals surface area contributed by atoms with Gasteiger partial charge in [-0.2, -0.15) is 4.31 Å². The molecule has 0 unspecified atom stereocenters. The van der Waals surface area contributed by atoms with Crippen molar-refractivity contribution >= 4 is 16.0 Å². The molecule has 0 saturated carbocycles. The minimum absolute atomic E-state index is 0.100. The van der Waals surface area contributed by atoms with Crippen molar-refractivity contribution in [1.82, 2.24) is 4.31 Å². The van der Waals surface area contributed by atoms with Crippen LogP contribution in [0.25, 0.3) is 0 Å². The molecule has 1 aliphatic rings. The summed E-state index contributed by atoms with van der Waals surface area (Å²) in [5.41, 5.74) is 2.67. The Bertz CT molecular complexity index is 993. The van der Waals surface area contributed by atoms with Crippen molar-refractivity contribution in [3.8, 4) is 0 Å². The van der Waals surface area contributed by atoms with Crippen LogP contribution in [0.4, 0.5) is 0 Å². The lowest BCUT2D eigenvalue weighted by molar-refractivity contribution is -0.133. The van der Waals surface area contributed by atoms with Crippen LogP contribution in [0.3, 0.4) is 0 Å². The molecule has 0 bridgehead atoms. The van der Waals surface area contributed by atoms with Crippen molar-refractivity contribution in [3.05, 3.63) is 76.9 Å². The lowest BCUT2D eigenvalue weighted by Crippen LogP contribution is -2.38. The van der Waals surface area contributed by atoms with Gasteiger partial charge in [0.15, 0.2) is 0 Å². The fourth-order valence-electron chi connectivity index (χ4n) is 3.50. The molecule has 1 N–H and O–H groups in total. The van der Waals surface area contributed by atoms with E-state index in [1.807, 2.05) is 39.0 Å². The predicted molar refractivity (Wildman–Crippen MR) is 104 cm³/mol. The Morgan fingerprint density at radius 2 is 1.74 bits per heavy atom. The third kappa shape index (κ3) is 3.55. The Labute approximate surface area is 160 Å². The third-order valence-corrected chi connectivity index (χ3v) is 6.77. The molecule has 27 heavy (non-hydrogen) atoms. The summed E-state index contributed by atoms with van der Waals surface area (Å²) in [7, 11) is -3.88. The van der Waals surface area contributed by atoms with Crippen molar-refractivity contribution in [2.24, 2.45) is 0 Å². The second-order valence-electron chi connectivity index (χ2n) is 6.87. The molecule has 0 fully saturated rings. The maximum atomic E-state index is 13.5. The molecule has 5 nitrogen and oxygen atoms in total. The van der Waals surface area contributed by atoms with Crippen molar-refractivity contribution in [1.29, 1.82) is 0 Å². The number of benzene rings is 2. The minimum Gasteiger partial charge on any atom is -0.478 e. The summed E-state index contributed by atoms with van der Waals surface area (Å²) in [5, 5.41) is 9.73. The van der Waals surface area contributed by atoms with Gasteiger partial charge in [-0.15, -0.1) is 0 Å². The van der Waals surface area contributed by atoms with Gasteiger partial charge >= 0.3 is 5.97 Å². The molecule has 0 saturated heterocycles. The molecule has 2 aromatic rings. The van der Waals surface area contributed by atoms with Gasteiger partial charge in [0, 0.05) is 6.04 Å². The predicted octanol–water partition coefficient (Wildman–Crippen LogP) is 3.84. The molecule has 0 aliphatic carbocycles. The number of rotatable bonds is 5. The average Bonchev–Trinajstić information content (AvgIpc) is 3.03. The first kappa shape index (κ1) is 19.3. The van der Waals surface area contributed by atoms with Crippen LogP contribution in [0.1, 0.15) is 36.1 Å². The van der Waals surface area contributed by atoms with E-state index in [0.29, 0.717) is 12.0 Å². The van der Waals surface area contributed by atoms with Gasteiger partial charge in [0.2, 0.25) is 10.0 Å². The summed E-state index contributed by atoms with van der Waals surface area (Å²) < 4.78 is 28.2. The number of carbonyl (C=O) groups is 1. The van der Waals surface area contributed by atoms with E-state index in [9.17, 15) is 18.3 Å². The fraction of sp³-hybridized carbons (Fsp3) is 0.286. The number of carboxylic acids is 1. The van der Waals surface area contributed by atoms with E-state index in [-0.39, 0.29) is 10.5 Å². The fourth-order valence-corrected chi connectivity index (χ4v) is 5.30. The SMILES string of the molecule is CC[C@H]1C=C(C(=O)O)[C@@H](c2cccc(C)c2)N1S(=O)(=O)c1ccc(C)cc1. The summed E-state index contributed by atoms with van der Waals surface area (Å²) in [6.07, 6.45) is 2.06. The largest absolute Gasteiger partial charge is 0.478 e. The van der Waals surface area contributed by atoms with E-state index in [2.05, 4.69) is 0 Å². The highest BCUT2D eigenvalue weighted by molar-refractivity contribution is 7.89. The molecule has 0 aromatic heterocycles. The van der Waals surface area contributed by atoms with Crippen LogP contribution < -0.4 is 0 Å². The van der Waals surface area contributed by atoms with Crippen LogP contribution in [0.5, 0.6) is 0 Å². The molecular weight excluding hydrogens is 362 g/mol. The second kappa shape index (κ2) is 7.29. The standard InChI is InChI=1S/C21H23NO4S/c1-4-17-13-19(21(23)24)20(16-7-5-6-15(3)12-16)22(17)27(25,26)18-10-8-14(2)9-11-18/h5-13,17,20H,4H2,1-3H3,(H,23,24)/t17-,20+/m0/s1. The maximum Gasteiger partial charge on any atom is 0.333 e. The van der Waals surface area contributed by atoms with E-state index in [1.54, 1.807) is 36.4 Å². The van der Waals surface area contributed by atoms with E-state index in [1.165, 1.54) is 4.31 Å². The van der Waals surface area contributed by atoms with Gasteiger partial charge in [-0.1, -0.05) is 60.5 Å². The van der Waals surface area contributed by atoms with Crippen LogP contribution >= 0.6 is 0 Å².